The number of hydrogen-bond acceptors (Lipinski definition) is 7. The maximum Gasteiger partial charge on any atom is 0.184 e. The average molecular weight is 226 g/mol. The second-order valence-corrected chi connectivity index (χ2v) is 3.04. The van der Waals surface area contributed by atoms with Crippen LogP contribution in [-0.2, 0) is 4.74 Å². The summed E-state index contributed by atoms with van der Waals surface area (Å²) in [7, 11) is 0. The number of rotatable bonds is 1. The van der Waals surface area contributed by atoms with E-state index in [4.69, 9.17) is 30.6 Å². The maximum absolute atomic E-state index is 9.12. The van der Waals surface area contributed by atoms with Crippen molar-refractivity contribution in [2.24, 2.45) is 0 Å². The van der Waals surface area contributed by atoms with Crippen molar-refractivity contribution in [2.75, 3.05) is 13.2 Å². The minimum absolute atomic E-state index is 0.250. The molecule has 6 N–H and O–H groups in total. The fourth-order valence-electron chi connectivity index (χ4n) is 1.08. The Morgan fingerprint density at radius 2 is 1.40 bits per heavy atom. The van der Waals surface area contributed by atoms with Gasteiger partial charge in [0.05, 0.1) is 6.61 Å². The first-order valence-electron chi connectivity index (χ1n) is 4.59. The quantitative estimate of drug-likeness (QED) is 0.277. The molecule has 1 heterocycles. The van der Waals surface area contributed by atoms with Crippen LogP contribution in [0.4, 0.5) is 0 Å². The molecule has 92 valence electrons. The zero-order chi connectivity index (χ0) is 12.0. The van der Waals surface area contributed by atoms with Gasteiger partial charge in [0.2, 0.25) is 0 Å². The Balaban J connectivity index is 0.000000583. The summed E-state index contributed by atoms with van der Waals surface area (Å²) in [5.74, 6) is 0. The molecule has 1 aliphatic rings. The van der Waals surface area contributed by atoms with Crippen LogP contribution in [0, 0.1) is 0 Å². The van der Waals surface area contributed by atoms with E-state index in [1.165, 1.54) is 0 Å². The summed E-state index contributed by atoms with van der Waals surface area (Å²) in [4.78, 5) is 0. The highest BCUT2D eigenvalue weighted by atomic mass is 16.6. The van der Waals surface area contributed by atoms with Crippen molar-refractivity contribution in [2.45, 2.75) is 37.6 Å². The molecule has 0 amide bonds. The fourth-order valence-corrected chi connectivity index (χ4v) is 1.08. The van der Waals surface area contributed by atoms with Crippen molar-refractivity contribution in [3.63, 3.8) is 0 Å². The molecule has 0 radical (unpaired) electrons. The fraction of sp³-hybridized carbons (Fsp3) is 1.00. The summed E-state index contributed by atoms with van der Waals surface area (Å²) in [6.45, 7) is 1.40. The van der Waals surface area contributed by atoms with Crippen LogP contribution in [0.25, 0.3) is 0 Å². The molecule has 5 atom stereocenters. The first-order chi connectivity index (χ1) is 6.99. The van der Waals surface area contributed by atoms with Crippen LogP contribution in [0.1, 0.15) is 6.92 Å². The highest BCUT2D eigenvalue weighted by Gasteiger charge is 2.42. The van der Waals surface area contributed by atoms with Crippen molar-refractivity contribution in [3.05, 3.63) is 0 Å². The summed E-state index contributed by atoms with van der Waals surface area (Å²) in [5, 5.41) is 52.2. The van der Waals surface area contributed by atoms with Gasteiger partial charge in [-0.1, -0.05) is 0 Å². The molecule has 0 spiro atoms. The molecule has 0 saturated carbocycles. The van der Waals surface area contributed by atoms with E-state index in [9.17, 15) is 0 Å². The predicted molar refractivity (Wildman–Crippen MR) is 48.7 cm³/mol. The first-order valence-corrected chi connectivity index (χ1v) is 4.59. The second-order valence-electron chi connectivity index (χ2n) is 3.04. The average Bonchev–Trinajstić information content (AvgIpc) is 2.21. The van der Waals surface area contributed by atoms with Crippen molar-refractivity contribution in [1.29, 1.82) is 0 Å². The molecular formula is C8H18O7. The van der Waals surface area contributed by atoms with Gasteiger partial charge in [-0.05, 0) is 6.92 Å². The summed E-state index contributed by atoms with van der Waals surface area (Å²) in [6.07, 6.45) is -7.04. The highest BCUT2D eigenvalue weighted by Crippen LogP contribution is 2.18. The van der Waals surface area contributed by atoms with Gasteiger partial charge in [-0.15, -0.1) is 0 Å². The molecule has 1 rings (SSSR count). The summed E-state index contributed by atoms with van der Waals surface area (Å²) >= 11 is 0. The lowest BCUT2D eigenvalue weighted by molar-refractivity contribution is -0.286. The van der Waals surface area contributed by atoms with E-state index in [2.05, 4.69) is 4.74 Å². The minimum atomic E-state index is -1.57. The molecule has 0 bridgehead atoms. The van der Waals surface area contributed by atoms with Crippen LogP contribution in [0.3, 0.4) is 0 Å². The largest absolute Gasteiger partial charge is 0.397 e. The summed E-state index contributed by atoms with van der Waals surface area (Å²) in [5.41, 5.74) is 0. The van der Waals surface area contributed by atoms with E-state index >= 15 is 0 Å². The van der Waals surface area contributed by atoms with E-state index in [0.717, 1.165) is 0 Å². The monoisotopic (exact) mass is 226 g/mol. The van der Waals surface area contributed by atoms with Crippen molar-refractivity contribution < 1.29 is 35.4 Å². The van der Waals surface area contributed by atoms with Gasteiger partial charge in [-0.25, -0.2) is 0 Å². The van der Waals surface area contributed by atoms with Gasteiger partial charge in [0.15, 0.2) is 6.29 Å². The van der Waals surface area contributed by atoms with E-state index in [1.54, 1.807) is 6.92 Å². The Morgan fingerprint density at radius 3 is 1.80 bits per heavy atom. The van der Waals surface area contributed by atoms with E-state index < -0.39 is 37.3 Å². The predicted octanol–water partition coefficient (Wildman–Crippen LogP) is -3.22. The van der Waals surface area contributed by atoms with E-state index in [1.807, 2.05) is 0 Å². The first kappa shape index (κ1) is 14.7. The third kappa shape index (κ3) is 3.99. The number of hydrogen-bond donors (Lipinski definition) is 6. The topological polar surface area (TPSA) is 131 Å². The van der Waals surface area contributed by atoms with Crippen molar-refractivity contribution in [3.8, 4) is 0 Å². The molecule has 7 nitrogen and oxygen atoms in total. The maximum atomic E-state index is 9.12. The molecular weight excluding hydrogens is 208 g/mol. The van der Waals surface area contributed by atoms with Crippen LogP contribution < -0.4 is 0 Å². The minimum Gasteiger partial charge on any atom is -0.397 e. The lowest BCUT2D eigenvalue weighted by atomic mass is 10.00. The number of ether oxygens (including phenoxy) is 1. The summed E-state index contributed by atoms with van der Waals surface area (Å²) < 4.78 is 4.58. The molecule has 0 aromatic heterocycles. The molecule has 1 saturated heterocycles. The van der Waals surface area contributed by atoms with Crippen LogP contribution in [-0.4, -0.2) is 74.6 Å². The Morgan fingerprint density at radius 1 is 0.933 bits per heavy atom. The van der Waals surface area contributed by atoms with E-state index in [-0.39, 0.29) is 6.61 Å². The SMILES string of the molecule is CCO.OC[C@H]1OC(O)[C@@H](O)[C@@H](O)[C@@H]1O. The molecule has 0 aliphatic carbocycles. The van der Waals surface area contributed by atoms with Gasteiger partial charge in [0.1, 0.15) is 24.4 Å². The lowest BCUT2D eigenvalue weighted by Gasteiger charge is -2.37. The zero-order valence-corrected chi connectivity index (χ0v) is 8.39. The third-order valence-electron chi connectivity index (χ3n) is 1.87. The number of aliphatic hydroxyl groups excluding tert-OH is 6. The summed E-state index contributed by atoms with van der Waals surface area (Å²) in [6, 6.07) is 0. The molecule has 1 aliphatic heterocycles. The van der Waals surface area contributed by atoms with Gasteiger partial charge in [-0.2, -0.15) is 0 Å². The smallest absolute Gasteiger partial charge is 0.184 e. The Kier molecular flexibility index (Phi) is 6.94. The highest BCUT2D eigenvalue weighted by molar-refractivity contribution is 4.87. The van der Waals surface area contributed by atoms with Crippen LogP contribution >= 0.6 is 0 Å². The molecule has 0 aromatic carbocycles. The molecule has 1 unspecified atom stereocenters. The Bertz CT molecular complexity index is 160. The lowest BCUT2D eigenvalue weighted by Crippen LogP contribution is -2.58. The molecule has 1 fully saturated rings. The molecule has 0 aromatic rings. The van der Waals surface area contributed by atoms with Crippen LogP contribution in [0.2, 0.25) is 0 Å². The molecule has 15 heavy (non-hydrogen) atoms. The van der Waals surface area contributed by atoms with Gasteiger partial charge in [0, 0.05) is 6.61 Å². The Labute approximate surface area is 87.2 Å². The third-order valence-corrected chi connectivity index (χ3v) is 1.87. The van der Waals surface area contributed by atoms with Gasteiger partial charge >= 0.3 is 0 Å². The van der Waals surface area contributed by atoms with E-state index in [0.29, 0.717) is 0 Å². The normalized spacial score (nSPS) is 40.6. The number of aliphatic hydroxyl groups is 6. The zero-order valence-electron chi connectivity index (χ0n) is 8.39. The van der Waals surface area contributed by atoms with Gasteiger partial charge < -0.3 is 35.4 Å². The van der Waals surface area contributed by atoms with Crippen molar-refractivity contribution >= 4 is 0 Å². The van der Waals surface area contributed by atoms with Crippen molar-refractivity contribution in [1.82, 2.24) is 0 Å². The van der Waals surface area contributed by atoms with Gasteiger partial charge in [-0.3, -0.25) is 0 Å². The Hall–Kier alpha value is -0.280. The standard InChI is InChI=1S/C6H12O6.C2H6O/c7-1-2-3(8)4(9)5(10)6(11)12-2;1-2-3/h2-11H,1H2;3H,2H2,1H3/t2-,3-,4+,5+,6?;/m1./s1. The van der Waals surface area contributed by atoms with Crippen LogP contribution in [0.15, 0.2) is 0 Å². The second kappa shape index (κ2) is 7.07. The van der Waals surface area contributed by atoms with Gasteiger partial charge in [0.25, 0.3) is 0 Å². The molecule has 7 heteroatoms. The van der Waals surface area contributed by atoms with Crippen LogP contribution in [0.5, 0.6) is 0 Å².